The molecule has 0 saturated carbocycles. The number of rotatable bonds is 2. The number of thiophene rings is 1. The summed E-state index contributed by atoms with van der Waals surface area (Å²) in [6, 6.07) is 8.61. The maximum Gasteiger partial charge on any atom is -0.00145 e. The highest BCUT2D eigenvalue weighted by molar-refractivity contribution is 7.08. The lowest BCUT2D eigenvalue weighted by molar-refractivity contribution is 1.46. The van der Waals surface area contributed by atoms with Gasteiger partial charge in [-0.2, -0.15) is 11.3 Å². The first kappa shape index (κ1) is 9.22. The summed E-state index contributed by atoms with van der Waals surface area (Å²) in [6.07, 6.45) is 1.92. The SMILES string of the molecule is C=Cc1cc(C)ccc1-c1ccsc1. The highest BCUT2D eigenvalue weighted by Gasteiger charge is 2.02. The molecule has 1 heterocycles. The second-order valence-corrected chi connectivity index (χ2v) is 4.09. The van der Waals surface area contributed by atoms with Gasteiger partial charge in [-0.3, -0.25) is 0 Å². The minimum absolute atomic E-state index is 1.21. The van der Waals surface area contributed by atoms with Gasteiger partial charge >= 0.3 is 0 Å². The van der Waals surface area contributed by atoms with E-state index in [4.69, 9.17) is 0 Å². The smallest absolute Gasteiger partial charge is 0.00145 e. The molecule has 0 aliphatic heterocycles. The van der Waals surface area contributed by atoms with E-state index in [0.29, 0.717) is 0 Å². The summed E-state index contributed by atoms with van der Waals surface area (Å²) in [6.45, 7) is 5.95. The minimum atomic E-state index is 1.21. The van der Waals surface area contributed by atoms with Crippen LogP contribution in [-0.4, -0.2) is 0 Å². The largest absolute Gasteiger partial charge is 0.152 e. The number of hydrogen-bond acceptors (Lipinski definition) is 1. The Kier molecular flexibility index (Phi) is 2.51. The van der Waals surface area contributed by atoms with Gasteiger partial charge in [-0.25, -0.2) is 0 Å². The lowest BCUT2D eigenvalue weighted by atomic mass is 10.0. The van der Waals surface area contributed by atoms with E-state index in [1.165, 1.54) is 22.3 Å². The van der Waals surface area contributed by atoms with Crippen molar-refractivity contribution in [3.05, 3.63) is 52.7 Å². The van der Waals surface area contributed by atoms with Crippen molar-refractivity contribution < 1.29 is 0 Å². The molecule has 0 nitrogen and oxygen atoms in total. The van der Waals surface area contributed by atoms with Crippen LogP contribution in [-0.2, 0) is 0 Å². The Balaban J connectivity index is 2.58. The van der Waals surface area contributed by atoms with Crippen LogP contribution in [0.3, 0.4) is 0 Å². The van der Waals surface area contributed by atoms with Crippen LogP contribution in [0, 0.1) is 6.92 Å². The van der Waals surface area contributed by atoms with Crippen molar-refractivity contribution in [2.24, 2.45) is 0 Å². The van der Waals surface area contributed by atoms with E-state index in [1.54, 1.807) is 11.3 Å². The summed E-state index contributed by atoms with van der Waals surface area (Å²) in [4.78, 5) is 0. The van der Waals surface area contributed by atoms with Crippen LogP contribution in [0.4, 0.5) is 0 Å². The van der Waals surface area contributed by atoms with Gasteiger partial charge in [0, 0.05) is 0 Å². The zero-order valence-electron chi connectivity index (χ0n) is 8.16. The molecule has 0 N–H and O–H groups in total. The molecule has 0 fully saturated rings. The summed E-state index contributed by atoms with van der Waals surface area (Å²) in [5.74, 6) is 0. The van der Waals surface area contributed by atoms with Gasteiger partial charge in [0.05, 0.1) is 0 Å². The Morgan fingerprint density at radius 2 is 2.14 bits per heavy atom. The van der Waals surface area contributed by atoms with Crippen LogP contribution in [0.2, 0.25) is 0 Å². The molecule has 0 saturated heterocycles. The molecule has 70 valence electrons. The zero-order chi connectivity index (χ0) is 9.97. The van der Waals surface area contributed by atoms with Crippen molar-refractivity contribution in [2.45, 2.75) is 6.92 Å². The second kappa shape index (κ2) is 3.81. The van der Waals surface area contributed by atoms with Gasteiger partial charge in [0.2, 0.25) is 0 Å². The minimum Gasteiger partial charge on any atom is -0.152 e. The molecule has 0 aliphatic rings. The molecule has 0 atom stereocenters. The Bertz CT molecular complexity index is 438. The average Bonchev–Trinajstić information content (AvgIpc) is 2.70. The number of aryl methyl sites for hydroxylation is 1. The van der Waals surface area contributed by atoms with Gasteiger partial charge in [-0.05, 0) is 40.4 Å². The molecule has 1 aromatic carbocycles. The Morgan fingerprint density at radius 1 is 1.29 bits per heavy atom. The molecule has 2 rings (SSSR count). The Labute approximate surface area is 88.5 Å². The lowest BCUT2D eigenvalue weighted by Gasteiger charge is -2.04. The average molecular weight is 200 g/mol. The molecule has 0 aliphatic carbocycles. The van der Waals surface area contributed by atoms with Crippen LogP contribution in [0.25, 0.3) is 17.2 Å². The molecule has 0 radical (unpaired) electrons. The second-order valence-electron chi connectivity index (χ2n) is 3.31. The van der Waals surface area contributed by atoms with E-state index in [0.717, 1.165) is 0 Å². The van der Waals surface area contributed by atoms with Crippen LogP contribution < -0.4 is 0 Å². The van der Waals surface area contributed by atoms with E-state index < -0.39 is 0 Å². The van der Waals surface area contributed by atoms with E-state index in [-0.39, 0.29) is 0 Å². The van der Waals surface area contributed by atoms with Crippen LogP contribution in [0.1, 0.15) is 11.1 Å². The first-order valence-corrected chi connectivity index (χ1v) is 5.51. The molecule has 0 unspecified atom stereocenters. The third-order valence-electron chi connectivity index (χ3n) is 2.26. The normalized spacial score (nSPS) is 10.1. The van der Waals surface area contributed by atoms with Gasteiger partial charge in [0.1, 0.15) is 0 Å². The van der Waals surface area contributed by atoms with Crippen molar-refractivity contribution >= 4 is 17.4 Å². The lowest BCUT2D eigenvalue weighted by Crippen LogP contribution is -1.82. The number of benzene rings is 1. The van der Waals surface area contributed by atoms with Crippen molar-refractivity contribution in [1.29, 1.82) is 0 Å². The third kappa shape index (κ3) is 1.64. The zero-order valence-corrected chi connectivity index (χ0v) is 8.97. The van der Waals surface area contributed by atoms with Gasteiger partial charge in [-0.1, -0.05) is 36.4 Å². The standard InChI is InChI=1S/C13H12S/c1-3-11-8-10(2)4-5-13(11)12-6-7-14-9-12/h3-9H,1H2,2H3. The molecule has 1 heteroatoms. The summed E-state index contributed by atoms with van der Waals surface area (Å²) in [7, 11) is 0. The maximum atomic E-state index is 3.85. The van der Waals surface area contributed by atoms with Crippen molar-refractivity contribution in [3.63, 3.8) is 0 Å². The monoisotopic (exact) mass is 200 g/mol. The predicted octanol–water partition coefficient (Wildman–Crippen LogP) is 4.37. The van der Waals surface area contributed by atoms with Gasteiger partial charge in [0.25, 0.3) is 0 Å². The van der Waals surface area contributed by atoms with Crippen LogP contribution in [0.15, 0.2) is 41.6 Å². The van der Waals surface area contributed by atoms with Gasteiger partial charge in [0.15, 0.2) is 0 Å². The van der Waals surface area contributed by atoms with E-state index in [2.05, 4.69) is 48.5 Å². The van der Waals surface area contributed by atoms with E-state index in [1.807, 2.05) is 6.08 Å². The number of hydrogen-bond donors (Lipinski definition) is 0. The molecule has 0 bridgehead atoms. The van der Waals surface area contributed by atoms with Crippen molar-refractivity contribution in [2.75, 3.05) is 0 Å². The van der Waals surface area contributed by atoms with Crippen molar-refractivity contribution in [3.8, 4) is 11.1 Å². The first-order chi connectivity index (χ1) is 6.81. The summed E-state index contributed by atoms with van der Waals surface area (Å²) < 4.78 is 0. The Morgan fingerprint density at radius 3 is 2.79 bits per heavy atom. The fourth-order valence-electron chi connectivity index (χ4n) is 1.53. The topological polar surface area (TPSA) is 0 Å². The summed E-state index contributed by atoms with van der Waals surface area (Å²) in [5.41, 5.74) is 5.04. The quantitative estimate of drug-likeness (QED) is 0.675. The predicted molar refractivity (Wildman–Crippen MR) is 64.6 cm³/mol. The molecular weight excluding hydrogens is 188 g/mol. The molecule has 14 heavy (non-hydrogen) atoms. The summed E-state index contributed by atoms with van der Waals surface area (Å²) >= 11 is 1.72. The molecule has 0 amide bonds. The molecule has 2 aromatic rings. The first-order valence-electron chi connectivity index (χ1n) is 4.57. The van der Waals surface area contributed by atoms with Gasteiger partial charge in [-0.15, -0.1) is 0 Å². The molecule has 1 aromatic heterocycles. The fourth-order valence-corrected chi connectivity index (χ4v) is 2.19. The summed E-state index contributed by atoms with van der Waals surface area (Å²) in [5, 5.41) is 4.26. The fraction of sp³-hybridized carbons (Fsp3) is 0.0769. The van der Waals surface area contributed by atoms with E-state index in [9.17, 15) is 0 Å². The van der Waals surface area contributed by atoms with E-state index >= 15 is 0 Å². The highest BCUT2D eigenvalue weighted by atomic mass is 32.1. The van der Waals surface area contributed by atoms with Gasteiger partial charge < -0.3 is 0 Å². The maximum absolute atomic E-state index is 3.85. The van der Waals surface area contributed by atoms with Crippen molar-refractivity contribution in [1.82, 2.24) is 0 Å². The Hall–Kier alpha value is -1.34. The molecular formula is C13H12S. The van der Waals surface area contributed by atoms with Crippen LogP contribution in [0.5, 0.6) is 0 Å². The highest BCUT2D eigenvalue weighted by Crippen LogP contribution is 2.27. The third-order valence-corrected chi connectivity index (χ3v) is 2.94. The van der Waals surface area contributed by atoms with Crippen LogP contribution >= 0.6 is 11.3 Å². The molecule has 0 spiro atoms.